The third-order valence-electron chi connectivity index (χ3n) is 2.06. The van der Waals surface area contributed by atoms with Crippen molar-refractivity contribution in [1.82, 2.24) is 0 Å². The Kier molecular flexibility index (Phi) is 5.13. The summed E-state index contributed by atoms with van der Waals surface area (Å²) < 4.78 is 5.18. The molecular weight excluding hydrogens is 178 g/mol. The first kappa shape index (κ1) is 13.4. The molecule has 0 fully saturated rings. The van der Waals surface area contributed by atoms with Crippen LogP contribution in [-0.4, -0.2) is 17.6 Å². The van der Waals surface area contributed by atoms with E-state index in [2.05, 4.69) is 13.8 Å². The summed E-state index contributed by atoms with van der Waals surface area (Å²) in [4.78, 5) is 11.5. The molecule has 14 heavy (non-hydrogen) atoms. The van der Waals surface area contributed by atoms with Crippen molar-refractivity contribution in [2.45, 2.75) is 59.1 Å². The monoisotopic (exact) mass is 201 g/mol. The molecule has 0 amide bonds. The number of hydrogen-bond acceptors (Lipinski definition) is 3. The van der Waals surface area contributed by atoms with Crippen LogP contribution in [0, 0.1) is 5.92 Å². The summed E-state index contributed by atoms with van der Waals surface area (Å²) >= 11 is 0. The summed E-state index contributed by atoms with van der Waals surface area (Å²) in [6.07, 6.45) is 1.74. The maximum absolute atomic E-state index is 11.5. The molecule has 3 nitrogen and oxygen atoms in total. The van der Waals surface area contributed by atoms with E-state index >= 15 is 0 Å². The molecule has 0 saturated heterocycles. The smallest absolute Gasteiger partial charge is 0.323 e. The lowest BCUT2D eigenvalue weighted by molar-refractivity contribution is -0.156. The minimum Gasteiger partial charge on any atom is -0.459 e. The number of carbonyl (C=O) groups is 1. The molecule has 0 spiro atoms. The lowest BCUT2D eigenvalue weighted by atomic mass is 10.00. The molecular formula is C11H23NO2. The van der Waals surface area contributed by atoms with Crippen LogP contribution in [0.15, 0.2) is 0 Å². The fourth-order valence-electron chi connectivity index (χ4n) is 1.07. The zero-order chi connectivity index (χ0) is 11.4. The number of carbonyl (C=O) groups excluding carboxylic acids is 1. The molecule has 0 aromatic heterocycles. The molecule has 0 heterocycles. The predicted octanol–water partition coefficient (Wildman–Crippen LogP) is 2.09. The summed E-state index contributed by atoms with van der Waals surface area (Å²) in [7, 11) is 0. The van der Waals surface area contributed by atoms with Crippen molar-refractivity contribution in [3.8, 4) is 0 Å². The molecule has 0 rings (SSSR count). The molecule has 0 aromatic rings. The molecule has 0 aromatic carbocycles. The molecule has 2 atom stereocenters. The summed E-state index contributed by atoms with van der Waals surface area (Å²) in [5.74, 6) is 0.176. The first-order valence-electron chi connectivity index (χ1n) is 5.24. The number of esters is 1. The maximum Gasteiger partial charge on any atom is 0.323 e. The van der Waals surface area contributed by atoms with E-state index in [9.17, 15) is 4.79 Å². The summed E-state index contributed by atoms with van der Waals surface area (Å²) in [6.45, 7) is 9.72. The maximum atomic E-state index is 11.5. The second-order valence-corrected chi connectivity index (χ2v) is 4.89. The van der Waals surface area contributed by atoms with E-state index in [4.69, 9.17) is 10.5 Å². The SMILES string of the molecule is CCC(C)C[C@H](N)C(=O)OC(C)(C)C. The van der Waals surface area contributed by atoms with Crippen molar-refractivity contribution in [2.24, 2.45) is 11.7 Å². The summed E-state index contributed by atoms with van der Waals surface area (Å²) in [5, 5.41) is 0. The second-order valence-electron chi connectivity index (χ2n) is 4.89. The Morgan fingerprint density at radius 1 is 1.43 bits per heavy atom. The number of nitrogens with two attached hydrogens (primary N) is 1. The van der Waals surface area contributed by atoms with Crippen LogP contribution in [-0.2, 0) is 9.53 Å². The van der Waals surface area contributed by atoms with Gasteiger partial charge in [0.25, 0.3) is 0 Å². The fraction of sp³-hybridized carbons (Fsp3) is 0.909. The van der Waals surface area contributed by atoms with Crippen molar-refractivity contribution in [1.29, 1.82) is 0 Å². The van der Waals surface area contributed by atoms with Gasteiger partial charge >= 0.3 is 5.97 Å². The molecule has 0 radical (unpaired) electrons. The van der Waals surface area contributed by atoms with Crippen molar-refractivity contribution >= 4 is 5.97 Å². The fourth-order valence-corrected chi connectivity index (χ4v) is 1.07. The van der Waals surface area contributed by atoms with Crippen molar-refractivity contribution < 1.29 is 9.53 Å². The summed E-state index contributed by atoms with van der Waals surface area (Å²) in [5.41, 5.74) is 5.29. The summed E-state index contributed by atoms with van der Waals surface area (Å²) in [6, 6.07) is -0.482. The van der Waals surface area contributed by atoms with Crippen LogP contribution in [0.25, 0.3) is 0 Å². The van der Waals surface area contributed by atoms with Crippen LogP contribution >= 0.6 is 0 Å². The minimum absolute atomic E-state index is 0.294. The zero-order valence-corrected chi connectivity index (χ0v) is 9.96. The molecule has 84 valence electrons. The van der Waals surface area contributed by atoms with E-state index in [1.54, 1.807) is 0 Å². The molecule has 1 unspecified atom stereocenters. The second kappa shape index (κ2) is 5.35. The largest absolute Gasteiger partial charge is 0.459 e. The van der Waals surface area contributed by atoms with E-state index in [1.165, 1.54) is 0 Å². The van der Waals surface area contributed by atoms with Crippen molar-refractivity contribution in [3.63, 3.8) is 0 Å². The van der Waals surface area contributed by atoms with E-state index in [1.807, 2.05) is 20.8 Å². The average Bonchev–Trinajstić information content (AvgIpc) is 2.00. The van der Waals surface area contributed by atoms with Gasteiger partial charge in [0, 0.05) is 0 Å². The van der Waals surface area contributed by atoms with Crippen molar-refractivity contribution in [3.05, 3.63) is 0 Å². The van der Waals surface area contributed by atoms with Crippen LogP contribution in [0.4, 0.5) is 0 Å². The van der Waals surface area contributed by atoms with E-state index in [0.717, 1.165) is 6.42 Å². The van der Waals surface area contributed by atoms with Gasteiger partial charge in [-0.25, -0.2) is 0 Å². The lowest BCUT2D eigenvalue weighted by Gasteiger charge is -2.23. The predicted molar refractivity (Wildman–Crippen MR) is 57.9 cm³/mol. The molecule has 2 N–H and O–H groups in total. The van der Waals surface area contributed by atoms with E-state index in [0.29, 0.717) is 12.3 Å². The molecule has 0 aliphatic rings. The molecule has 3 heteroatoms. The van der Waals surface area contributed by atoms with Crippen LogP contribution in [0.1, 0.15) is 47.5 Å². The normalized spacial score (nSPS) is 16.1. The highest BCUT2D eigenvalue weighted by Gasteiger charge is 2.22. The Labute approximate surface area is 87.0 Å². The van der Waals surface area contributed by atoms with Crippen LogP contribution < -0.4 is 5.73 Å². The lowest BCUT2D eigenvalue weighted by Crippen LogP contribution is -2.38. The van der Waals surface area contributed by atoms with E-state index in [-0.39, 0.29) is 5.97 Å². The first-order chi connectivity index (χ1) is 6.26. The highest BCUT2D eigenvalue weighted by molar-refractivity contribution is 5.75. The zero-order valence-electron chi connectivity index (χ0n) is 9.96. The van der Waals surface area contributed by atoms with Gasteiger partial charge < -0.3 is 10.5 Å². The van der Waals surface area contributed by atoms with Gasteiger partial charge in [0.05, 0.1) is 0 Å². The van der Waals surface area contributed by atoms with Crippen LogP contribution in [0.3, 0.4) is 0 Å². The Bertz CT molecular complexity index is 184. The first-order valence-corrected chi connectivity index (χ1v) is 5.24. The van der Waals surface area contributed by atoms with Crippen molar-refractivity contribution in [2.75, 3.05) is 0 Å². The Morgan fingerprint density at radius 2 is 1.93 bits per heavy atom. The quantitative estimate of drug-likeness (QED) is 0.709. The number of hydrogen-bond donors (Lipinski definition) is 1. The van der Waals surface area contributed by atoms with Gasteiger partial charge in [-0.15, -0.1) is 0 Å². The van der Waals surface area contributed by atoms with Gasteiger partial charge in [-0.05, 0) is 33.1 Å². The van der Waals surface area contributed by atoms with Gasteiger partial charge in [0.1, 0.15) is 11.6 Å². The van der Waals surface area contributed by atoms with Gasteiger partial charge in [-0.2, -0.15) is 0 Å². The number of ether oxygens (including phenoxy) is 1. The molecule has 0 aliphatic heterocycles. The molecule has 0 bridgehead atoms. The minimum atomic E-state index is -0.482. The van der Waals surface area contributed by atoms with Gasteiger partial charge in [-0.1, -0.05) is 20.3 Å². The Hall–Kier alpha value is -0.570. The molecule has 0 saturated carbocycles. The molecule has 0 aliphatic carbocycles. The average molecular weight is 201 g/mol. The highest BCUT2D eigenvalue weighted by Crippen LogP contribution is 2.13. The topological polar surface area (TPSA) is 52.3 Å². The third kappa shape index (κ3) is 5.97. The van der Waals surface area contributed by atoms with Crippen LogP contribution in [0.2, 0.25) is 0 Å². The van der Waals surface area contributed by atoms with Gasteiger partial charge in [0.2, 0.25) is 0 Å². The third-order valence-corrected chi connectivity index (χ3v) is 2.06. The Balaban J connectivity index is 4.00. The number of rotatable bonds is 4. The highest BCUT2D eigenvalue weighted by atomic mass is 16.6. The van der Waals surface area contributed by atoms with E-state index < -0.39 is 11.6 Å². The van der Waals surface area contributed by atoms with Gasteiger partial charge in [0.15, 0.2) is 0 Å². The van der Waals surface area contributed by atoms with Crippen LogP contribution in [0.5, 0.6) is 0 Å². The standard InChI is InChI=1S/C11H23NO2/c1-6-8(2)7-9(12)10(13)14-11(3,4)5/h8-9H,6-7,12H2,1-5H3/t8?,9-/m0/s1. The Morgan fingerprint density at radius 3 is 2.29 bits per heavy atom. The van der Waals surface area contributed by atoms with Gasteiger partial charge in [-0.3, -0.25) is 4.79 Å².